The maximum atomic E-state index is 12.0. The predicted octanol–water partition coefficient (Wildman–Crippen LogP) is 1.72. The second kappa shape index (κ2) is 8.37. The summed E-state index contributed by atoms with van der Waals surface area (Å²) >= 11 is 0. The third kappa shape index (κ3) is 4.70. The molecule has 5 nitrogen and oxygen atoms in total. The average Bonchev–Trinajstić information content (AvgIpc) is 2.44. The molecule has 0 bridgehead atoms. The van der Waals surface area contributed by atoms with E-state index < -0.39 is 0 Å². The predicted molar refractivity (Wildman–Crippen MR) is 82.8 cm³/mol. The van der Waals surface area contributed by atoms with Crippen molar-refractivity contribution in [3.05, 3.63) is 0 Å². The van der Waals surface area contributed by atoms with Crippen LogP contribution in [0.3, 0.4) is 0 Å². The van der Waals surface area contributed by atoms with Gasteiger partial charge in [0.1, 0.15) is 0 Å². The number of carbonyl (C=O) groups excluding carboxylic acids is 2. The molecule has 1 aliphatic rings. The molecule has 3 atom stereocenters. The van der Waals surface area contributed by atoms with Crippen molar-refractivity contribution in [2.45, 2.75) is 52.5 Å². The smallest absolute Gasteiger partial charge is 0.308 e. The molecule has 122 valence electrons. The van der Waals surface area contributed by atoms with Gasteiger partial charge < -0.3 is 15.4 Å². The minimum atomic E-state index is -0.132. The van der Waals surface area contributed by atoms with E-state index in [0.717, 1.165) is 12.8 Å². The van der Waals surface area contributed by atoms with E-state index in [2.05, 4.69) is 24.5 Å². The summed E-state index contributed by atoms with van der Waals surface area (Å²) in [6, 6.07) is 0.570. The quantitative estimate of drug-likeness (QED) is 0.366. The van der Waals surface area contributed by atoms with Gasteiger partial charge >= 0.3 is 5.97 Å². The molecule has 21 heavy (non-hydrogen) atoms. The first-order chi connectivity index (χ1) is 9.97. The SMILES string of the molecule is CCOC(=O)C(CCNC=O)CCC1CC(NC)C1(C)C. The van der Waals surface area contributed by atoms with Crippen LogP contribution < -0.4 is 10.6 Å². The molecule has 0 radical (unpaired) electrons. The van der Waals surface area contributed by atoms with Crippen molar-refractivity contribution in [2.75, 3.05) is 20.2 Å². The van der Waals surface area contributed by atoms with Crippen LogP contribution in [-0.2, 0) is 14.3 Å². The molecule has 0 aliphatic heterocycles. The molecule has 0 heterocycles. The molecule has 0 aromatic heterocycles. The van der Waals surface area contributed by atoms with Gasteiger partial charge in [0.05, 0.1) is 12.5 Å². The van der Waals surface area contributed by atoms with E-state index in [9.17, 15) is 9.59 Å². The fraction of sp³-hybridized carbons (Fsp3) is 0.875. The first-order valence-electron chi connectivity index (χ1n) is 7.98. The third-order valence-electron chi connectivity index (χ3n) is 5.02. The highest BCUT2D eigenvalue weighted by molar-refractivity contribution is 5.72. The molecule has 0 saturated heterocycles. The third-order valence-corrected chi connectivity index (χ3v) is 5.02. The molecule has 0 aromatic carbocycles. The zero-order valence-corrected chi connectivity index (χ0v) is 13.8. The van der Waals surface area contributed by atoms with E-state index in [1.807, 2.05) is 14.0 Å². The van der Waals surface area contributed by atoms with Crippen LogP contribution in [0.25, 0.3) is 0 Å². The summed E-state index contributed by atoms with van der Waals surface area (Å²) in [4.78, 5) is 22.3. The fourth-order valence-electron chi connectivity index (χ4n) is 3.35. The highest BCUT2D eigenvalue weighted by Gasteiger charge is 2.46. The topological polar surface area (TPSA) is 67.4 Å². The summed E-state index contributed by atoms with van der Waals surface area (Å²) in [5.74, 6) is 0.403. The lowest BCUT2D eigenvalue weighted by atomic mass is 9.57. The first-order valence-corrected chi connectivity index (χ1v) is 7.98. The molecule has 1 amide bonds. The first kappa shape index (κ1) is 18.0. The largest absolute Gasteiger partial charge is 0.466 e. The second-order valence-electron chi connectivity index (χ2n) is 6.48. The number of hydrogen-bond acceptors (Lipinski definition) is 4. The molecule has 2 N–H and O–H groups in total. The zero-order valence-electron chi connectivity index (χ0n) is 13.8. The van der Waals surface area contributed by atoms with Crippen molar-refractivity contribution < 1.29 is 14.3 Å². The van der Waals surface area contributed by atoms with Crippen LogP contribution in [-0.4, -0.2) is 38.6 Å². The molecule has 5 heteroatoms. The lowest BCUT2D eigenvalue weighted by Crippen LogP contribution is -2.55. The summed E-state index contributed by atoms with van der Waals surface area (Å²) in [6.07, 6.45) is 4.38. The van der Waals surface area contributed by atoms with Crippen molar-refractivity contribution >= 4 is 12.4 Å². The van der Waals surface area contributed by atoms with Crippen LogP contribution in [0.2, 0.25) is 0 Å². The lowest BCUT2D eigenvalue weighted by molar-refractivity contribution is -0.149. The Bertz CT molecular complexity index is 344. The van der Waals surface area contributed by atoms with Crippen molar-refractivity contribution in [3.63, 3.8) is 0 Å². The molecular formula is C16H30N2O3. The molecule has 1 fully saturated rings. The van der Waals surface area contributed by atoms with Crippen LogP contribution in [0.4, 0.5) is 0 Å². The van der Waals surface area contributed by atoms with Gasteiger partial charge in [-0.3, -0.25) is 9.59 Å². The maximum absolute atomic E-state index is 12.0. The number of rotatable bonds is 10. The summed E-state index contributed by atoms with van der Waals surface area (Å²) < 4.78 is 5.15. The van der Waals surface area contributed by atoms with Crippen molar-refractivity contribution in [2.24, 2.45) is 17.3 Å². The maximum Gasteiger partial charge on any atom is 0.308 e. The minimum Gasteiger partial charge on any atom is -0.466 e. The summed E-state index contributed by atoms with van der Waals surface area (Å²) in [5, 5.41) is 5.98. The Morgan fingerprint density at radius 3 is 2.67 bits per heavy atom. The van der Waals surface area contributed by atoms with E-state index >= 15 is 0 Å². The molecule has 0 spiro atoms. The number of ether oxygens (including phenoxy) is 1. The molecular weight excluding hydrogens is 268 g/mol. The highest BCUT2D eigenvalue weighted by Crippen LogP contribution is 2.48. The normalized spacial score (nSPS) is 24.8. The number of hydrogen-bond donors (Lipinski definition) is 2. The Morgan fingerprint density at radius 1 is 1.43 bits per heavy atom. The van der Waals surface area contributed by atoms with Crippen molar-refractivity contribution in [1.82, 2.24) is 10.6 Å². The van der Waals surface area contributed by atoms with Gasteiger partial charge in [-0.1, -0.05) is 13.8 Å². The summed E-state index contributed by atoms with van der Waals surface area (Å²) in [5.41, 5.74) is 0.287. The molecule has 0 aromatic rings. The van der Waals surface area contributed by atoms with Crippen LogP contribution in [0.1, 0.15) is 46.5 Å². The lowest BCUT2D eigenvalue weighted by Gasteiger charge is -2.52. The minimum absolute atomic E-state index is 0.109. The van der Waals surface area contributed by atoms with Crippen LogP contribution in [0.15, 0.2) is 0 Å². The number of amides is 1. The summed E-state index contributed by atoms with van der Waals surface area (Å²) in [7, 11) is 2.01. The van der Waals surface area contributed by atoms with Gasteiger partial charge in [-0.15, -0.1) is 0 Å². The van der Waals surface area contributed by atoms with E-state index in [1.54, 1.807) is 0 Å². The van der Waals surface area contributed by atoms with Gasteiger partial charge in [-0.2, -0.15) is 0 Å². The molecule has 1 rings (SSSR count). The Kier molecular flexibility index (Phi) is 7.15. The standard InChI is InChI=1S/C16H30N2O3/c1-5-21-15(20)12(8-9-18-11-19)6-7-13-10-14(17-4)16(13,2)3/h11-14,17H,5-10H2,1-4H3,(H,18,19). The summed E-state index contributed by atoms with van der Waals surface area (Å²) in [6.45, 7) is 7.34. The Balaban J connectivity index is 2.45. The van der Waals surface area contributed by atoms with E-state index in [4.69, 9.17) is 4.74 Å². The van der Waals surface area contributed by atoms with E-state index in [1.165, 1.54) is 6.42 Å². The number of esters is 1. The van der Waals surface area contributed by atoms with Crippen LogP contribution in [0, 0.1) is 17.3 Å². The Hall–Kier alpha value is -1.10. The van der Waals surface area contributed by atoms with Gasteiger partial charge in [0.15, 0.2) is 0 Å². The molecule has 1 saturated carbocycles. The fourth-order valence-corrected chi connectivity index (χ4v) is 3.35. The van der Waals surface area contributed by atoms with Gasteiger partial charge in [0.25, 0.3) is 0 Å². The van der Waals surface area contributed by atoms with Crippen molar-refractivity contribution in [1.29, 1.82) is 0 Å². The number of carbonyl (C=O) groups is 2. The molecule has 1 aliphatic carbocycles. The highest BCUT2D eigenvalue weighted by atomic mass is 16.5. The van der Waals surface area contributed by atoms with Crippen LogP contribution >= 0.6 is 0 Å². The van der Waals surface area contributed by atoms with Crippen LogP contribution in [0.5, 0.6) is 0 Å². The Morgan fingerprint density at radius 2 is 2.14 bits per heavy atom. The van der Waals surface area contributed by atoms with Gasteiger partial charge in [0, 0.05) is 12.6 Å². The number of nitrogens with one attached hydrogen (secondary N) is 2. The van der Waals surface area contributed by atoms with Crippen molar-refractivity contribution in [3.8, 4) is 0 Å². The zero-order chi connectivity index (χ0) is 15.9. The Labute approximate surface area is 128 Å². The molecule has 3 unspecified atom stereocenters. The second-order valence-corrected chi connectivity index (χ2v) is 6.48. The van der Waals surface area contributed by atoms with Gasteiger partial charge in [0.2, 0.25) is 6.41 Å². The average molecular weight is 298 g/mol. The van der Waals surface area contributed by atoms with E-state index in [-0.39, 0.29) is 17.3 Å². The van der Waals surface area contributed by atoms with E-state index in [0.29, 0.717) is 37.9 Å². The monoisotopic (exact) mass is 298 g/mol. The van der Waals surface area contributed by atoms with Gasteiger partial charge in [-0.05, 0) is 51.0 Å². The van der Waals surface area contributed by atoms with Gasteiger partial charge in [-0.25, -0.2) is 0 Å².